The summed E-state index contributed by atoms with van der Waals surface area (Å²) in [5.41, 5.74) is 1.79. The molecule has 2 atom stereocenters. The van der Waals surface area contributed by atoms with Gasteiger partial charge in [0, 0.05) is 31.5 Å². The van der Waals surface area contributed by atoms with Crippen molar-refractivity contribution in [2.24, 2.45) is 11.8 Å². The van der Waals surface area contributed by atoms with Crippen LogP contribution >= 0.6 is 0 Å². The molecule has 1 heterocycles. The molecular formula is C19H25NO4. The Morgan fingerprint density at radius 1 is 1.12 bits per heavy atom. The highest BCUT2D eigenvalue weighted by atomic mass is 16.4. The molecule has 1 aromatic rings. The summed E-state index contributed by atoms with van der Waals surface area (Å²) in [5.74, 6) is -1.38. The molecule has 130 valence electrons. The van der Waals surface area contributed by atoms with Gasteiger partial charge in [0.25, 0.3) is 0 Å². The van der Waals surface area contributed by atoms with E-state index in [1.807, 2.05) is 19.1 Å². The van der Waals surface area contributed by atoms with Crippen LogP contribution in [0.2, 0.25) is 0 Å². The van der Waals surface area contributed by atoms with E-state index >= 15 is 0 Å². The van der Waals surface area contributed by atoms with Crippen LogP contribution in [-0.4, -0.2) is 40.8 Å². The molecule has 5 nitrogen and oxygen atoms in total. The zero-order valence-electron chi connectivity index (χ0n) is 14.3. The van der Waals surface area contributed by atoms with Crippen molar-refractivity contribution in [1.82, 2.24) is 4.90 Å². The fourth-order valence-electron chi connectivity index (χ4n) is 3.18. The summed E-state index contributed by atoms with van der Waals surface area (Å²) < 4.78 is 0. The van der Waals surface area contributed by atoms with Gasteiger partial charge < -0.3 is 10.0 Å². The highest BCUT2D eigenvalue weighted by Crippen LogP contribution is 2.22. The van der Waals surface area contributed by atoms with Crippen molar-refractivity contribution in [3.63, 3.8) is 0 Å². The third kappa shape index (κ3) is 4.66. The Balaban J connectivity index is 1.89. The van der Waals surface area contributed by atoms with Crippen LogP contribution in [0, 0.1) is 11.8 Å². The summed E-state index contributed by atoms with van der Waals surface area (Å²) in [6.45, 7) is 4.83. The van der Waals surface area contributed by atoms with Gasteiger partial charge in [-0.3, -0.25) is 14.4 Å². The number of carbonyl (C=O) groups excluding carboxylic acids is 2. The van der Waals surface area contributed by atoms with E-state index < -0.39 is 11.9 Å². The first kappa shape index (κ1) is 18.2. The van der Waals surface area contributed by atoms with Gasteiger partial charge in [0.1, 0.15) is 0 Å². The van der Waals surface area contributed by atoms with E-state index in [4.69, 9.17) is 0 Å². The number of ketones is 1. The summed E-state index contributed by atoms with van der Waals surface area (Å²) >= 11 is 0. The molecule has 0 aliphatic carbocycles. The molecule has 0 spiro atoms. The van der Waals surface area contributed by atoms with Gasteiger partial charge in [0.2, 0.25) is 5.91 Å². The Kier molecular flexibility index (Phi) is 6.12. The minimum absolute atomic E-state index is 0.0501. The number of amides is 1. The first-order valence-corrected chi connectivity index (χ1v) is 8.53. The summed E-state index contributed by atoms with van der Waals surface area (Å²) in [6, 6.07) is 7.46. The lowest BCUT2D eigenvalue weighted by Gasteiger charge is -2.34. The van der Waals surface area contributed by atoms with Crippen LogP contribution in [0.3, 0.4) is 0 Å². The quantitative estimate of drug-likeness (QED) is 0.813. The van der Waals surface area contributed by atoms with Crippen LogP contribution in [0.4, 0.5) is 0 Å². The number of nitrogens with zero attached hydrogens (tertiary/aromatic N) is 1. The number of likely N-dealkylation sites (tertiary alicyclic amines) is 1. The summed E-state index contributed by atoms with van der Waals surface area (Å²) in [7, 11) is 0. The molecule has 1 N–H and O–H groups in total. The zero-order valence-corrected chi connectivity index (χ0v) is 14.3. The summed E-state index contributed by atoms with van der Waals surface area (Å²) in [4.78, 5) is 37.3. The Hall–Kier alpha value is -2.17. The second-order valence-electron chi connectivity index (χ2n) is 6.65. The number of carboxylic acid groups (broad SMARTS) is 1. The van der Waals surface area contributed by atoms with Gasteiger partial charge in [-0.15, -0.1) is 0 Å². The van der Waals surface area contributed by atoms with Crippen LogP contribution < -0.4 is 0 Å². The highest BCUT2D eigenvalue weighted by molar-refractivity contribution is 5.98. The van der Waals surface area contributed by atoms with Gasteiger partial charge in [-0.2, -0.15) is 0 Å². The Labute approximate surface area is 142 Å². The number of carbonyl (C=O) groups is 3. The maximum Gasteiger partial charge on any atom is 0.308 e. The SMILES string of the molecule is CCc1ccc(C(=O)CCC(=O)N2CC(C)CC(C(=O)O)C2)cc1. The number of aryl methyl sites for hydroxylation is 1. The minimum Gasteiger partial charge on any atom is -0.481 e. The number of hydrogen-bond donors (Lipinski definition) is 1. The number of Topliss-reactive ketones (excluding diaryl/α,β-unsaturated/α-hetero) is 1. The Bertz CT molecular complexity index is 608. The lowest BCUT2D eigenvalue weighted by Crippen LogP contribution is -2.45. The molecule has 5 heteroatoms. The molecule has 1 aliphatic rings. The number of carboxylic acids is 1. The molecule has 0 saturated carbocycles. The highest BCUT2D eigenvalue weighted by Gasteiger charge is 2.31. The summed E-state index contributed by atoms with van der Waals surface area (Å²) in [6.07, 6.45) is 1.81. The predicted molar refractivity (Wildman–Crippen MR) is 90.9 cm³/mol. The third-order valence-electron chi connectivity index (χ3n) is 4.61. The largest absolute Gasteiger partial charge is 0.481 e. The Morgan fingerprint density at radius 3 is 2.38 bits per heavy atom. The van der Waals surface area contributed by atoms with Crippen molar-refractivity contribution in [1.29, 1.82) is 0 Å². The first-order valence-electron chi connectivity index (χ1n) is 8.53. The van der Waals surface area contributed by atoms with Crippen molar-refractivity contribution >= 4 is 17.7 Å². The number of benzene rings is 1. The minimum atomic E-state index is -0.855. The molecule has 0 aromatic heterocycles. The van der Waals surface area contributed by atoms with Crippen LogP contribution in [0.15, 0.2) is 24.3 Å². The molecule has 0 radical (unpaired) electrons. The van der Waals surface area contributed by atoms with Crippen molar-refractivity contribution in [2.45, 2.75) is 39.5 Å². The molecule has 24 heavy (non-hydrogen) atoms. The van der Waals surface area contributed by atoms with E-state index in [0.717, 1.165) is 6.42 Å². The van der Waals surface area contributed by atoms with E-state index in [2.05, 4.69) is 6.92 Å². The molecular weight excluding hydrogens is 306 g/mol. The van der Waals surface area contributed by atoms with Crippen LogP contribution in [0.5, 0.6) is 0 Å². The lowest BCUT2D eigenvalue weighted by molar-refractivity contribution is -0.146. The van der Waals surface area contributed by atoms with Gasteiger partial charge in [0.15, 0.2) is 5.78 Å². The van der Waals surface area contributed by atoms with Crippen LogP contribution in [-0.2, 0) is 16.0 Å². The molecule has 1 aliphatic heterocycles. The topological polar surface area (TPSA) is 74.7 Å². The predicted octanol–water partition coefficient (Wildman–Crippen LogP) is 2.78. The maximum atomic E-state index is 12.3. The fraction of sp³-hybridized carbons (Fsp3) is 0.526. The molecule has 1 amide bonds. The fourth-order valence-corrected chi connectivity index (χ4v) is 3.18. The van der Waals surface area contributed by atoms with E-state index in [0.29, 0.717) is 18.5 Å². The monoisotopic (exact) mass is 331 g/mol. The van der Waals surface area contributed by atoms with Crippen molar-refractivity contribution in [2.75, 3.05) is 13.1 Å². The summed E-state index contributed by atoms with van der Waals surface area (Å²) in [5, 5.41) is 9.17. The molecule has 1 saturated heterocycles. The molecule has 0 bridgehead atoms. The van der Waals surface area contributed by atoms with Gasteiger partial charge in [-0.25, -0.2) is 0 Å². The second kappa shape index (κ2) is 8.08. The van der Waals surface area contributed by atoms with Gasteiger partial charge >= 0.3 is 5.97 Å². The van der Waals surface area contributed by atoms with Crippen molar-refractivity contribution in [3.05, 3.63) is 35.4 Å². The van der Waals surface area contributed by atoms with Crippen molar-refractivity contribution in [3.8, 4) is 0 Å². The molecule has 1 fully saturated rings. The lowest BCUT2D eigenvalue weighted by atomic mass is 9.90. The van der Waals surface area contributed by atoms with Crippen molar-refractivity contribution < 1.29 is 19.5 Å². The second-order valence-corrected chi connectivity index (χ2v) is 6.65. The molecule has 1 aromatic carbocycles. The Morgan fingerprint density at radius 2 is 1.79 bits per heavy atom. The van der Waals surface area contributed by atoms with Gasteiger partial charge in [-0.1, -0.05) is 38.1 Å². The number of aliphatic carboxylic acids is 1. The van der Waals surface area contributed by atoms with Gasteiger partial charge in [-0.05, 0) is 24.3 Å². The van der Waals surface area contributed by atoms with Crippen LogP contribution in [0.25, 0.3) is 0 Å². The smallest absolute Gasteiger partial charge is 0.308 e. The standard InChI is InChI=1S/C19H25NO4/c1-3-14-4-6-15(7-5-14)17(21)8-9-18(22)20-11-13(2)10-16(12-20)19(23)24/h4-7,13,16H,3,8-12H2,1-2H3,(H,23,24). The number of hydrogen-bond acceptors (Lipinski definition) is 3. The third-order valence-corrected chi connectivity index (χ3v) is 4.61. The van der Waals surface area contributed by atoms with Gasteiger partial charge in [0.05, 0.1) is 5.92 Å². The normalized spacial score (nSPS) is 20.7. The molecule has 2 unspecified atom stereocenters. The van der Waals surface area contributed by atoms with E-state index in [1.54, 1.807) is 17.0 Å². The van der Waals surface area contributed by atoms with E-state index in [1.165, 1.54) is 5.56 Å². The molecule has 2 rings (SSSR count). The maximum absolute atomic E-state index is 12.3. The van der Waals surface area contributed by atoms with Crippen LogP contribution in [0.1, 0.15) is 49.0 Å². The number of rotatable bonds is 6. The van der Waals surface area contributed by atoms with E-state index in [-0.39, 0.29) is 37.0 Å². The first-order chi connectivity index (χ1) is 11.4. The average molecular weight is 331 g/mol. The average Bonchev–Trinajstić information content (AvgIpc) is 2.58. The number of piperidine rings is 1. The van der Waals surface area contributed by atoms with E-state index in [9.17, 15) is 19.5 Å². The zero-order chi connectivity index (χ0) is 17.7.